The van der Waals surface area contributed by atoms with E-state index in [0.717, 1.165) is 0 Å². The fourth-order valence-electron chi connectivity index (χ4n) is 1.27. The predicted octanol–water partition coefficient (Wildman–Crippen LogP) is 1.03. The first-order valence-corrected chi connectivity index (χ1v) is 6.05. The number of methoxy groups -OCH3 is 1. The van der Waals surface area contributed by atoms with Crippen molar-refractivity contribution in [1.29, 1.82) is 0 Å². The van der Waals surface area contributed by atoms with E-state index in [1.165, 1.54) is 7.11 Å². The Kier molecular flexibility index (Phi) is 6.68. The molecule has 6 heteroatoms. The van der Waals surface area contributed by atoms with Crippen LogP contribution in [0.2, 0.25) is 0 Å². The lowest BCUT2D eigenvalue weighted by Crippen LogP contribution is -2.56. The van der Waals surface area contributed by atoms with E-state index >= 15 is 0 Å². The smallest absolute Gasteiger partial charge is 0.407 e. The molecule has 0 saturated carbocycles. The van der Waals surface area contributed by atoms with Gasteiger partial charge in [-0.2, -0.15) is 0 Å². The van der Waals surface area contributed by atoms with Crippen LogP contribution in [-0.2, 0) is 9.53 Å². The Bertz CT molecular complexity index is 285. The molecule has 6 nitrogen and oxygen atoms in total. The molecule has 0 aliphatic rings. The van der Waals surface area contributed by atoms with E-state index in [-0.39, 0.29) is 5.91 Å². The quantitative estimate of drug-likeness (QED) is 0.644. The molecule has 0 spiro atoms. The summed E-state index contributed by atoms with van der Waals surface area (Å²) in [6, 6.07) is -0.662. The highest BCUT2D eigenvalue weighted by molar-refractivity contribution is 5.86. The Labute approximate surface area is 109 Å². The number of carbonyl (C=O) groups excluding carboxylic acids is 2. The van der Waals surface area contributed by atoms with Gasteiger partial charge in [0.25, 0.3) is 5.91 Å². The summed E-state index contributed by atoms with van der Waals surface area (Å²) >= 11 is 0. The fraction of sp³-hybridized carbons (Fsp3) is 0.833. The summed E-state index contributed by atoms with van der Waals surface area (Å²) in [6.07, 6.45) is -0.617. The highest BCUT2D eigenvalue weighted by Crippen LogP contribution is 2.19. The Balaban J connectivity index is 4.47. The number of rotatable bonds is 5. The number of ether oxygens (including phenoxy) is 1. The maximum atomic E-state index is 12.0. The third-order valence-corrected chi connectivity index (χ3v) is 2.30. The van der Waals surface area contributed by atoms with E-state index in [0.29, 0.717) is 12.5 Å². The molecule has 1 atom stereocenters. The van der Waals surface area contributed by atoms with Gasteiger partial charge >= 0.3 is 6.09 Å². The first kappa shape index (κ1) is 16.7. The number of nitrogens with one attached hydrogen (secondary N) is 3. The molecule has 0 fully saturated rings. The molecule has 0 aromatic carbocycles. The number of hydrogen-bond donors (Lipinski definition) is 3. The van der Waals surface area contributed by atoms with Crippen LogP contribution >= 0.6 is 0 Å². The molecule has 0 heterocycles. The summed E-state index contributed by atoms with van der Waals surface area (Å²) in [5.74, 6) is 0.139. The monoisotopic (exact) mass is 259 g/mol. The summed E-state index contributed by atoms with van der Waals surface area (Å²) < 4.78 is 4.52. The van der Waals surface area contributed by atoms with Crippen LogP contribution in [0.5, 0.6) is 0 Å². The third kappa shape index (κ3) is 6.44. The van der Waals surface area contributed by atoms with Crippen LogP contribution in [0, 0.1) is 11.3 Å². The van der Waals surface area contributed by atoms with Crippen molar-refractivity contribution < 1.29 is 14.3 Å². The molecule has 0 saturated heterocycles. The van der Waals surface area contributed by atoms with E-state index < -0.39 is 17.6 Å². The highest BCUT2D eigenvalue weighted by atomic mass is 16.5. The lowest BCUT2D eigenvalue weighted by Gasteiger charge is -2.29. The Hall–Kier alpha value is -1.30. The minimum Gasteiger partial charge on any atom is -0.453 e. The molecule has 2 amide bonds. The molecule has 0 aromatic rings. The fourth-order valence-corrected chi connectivity index (χ4v) is 1.27. The molecular formula is C12H25N3O3. The predicted molar refractivity (Wildman–Crippen MR) is 69.8 cm³/mol. The van der Waals surface area contributed by atoms with Gasteiger partial charge in [-0.25, -0.2) is 10.2 Å². The van der Waals surface area contributed by atoms with Gasteiger partial charge in [0.2, 0.25) is 0 Å². The lowest BCUT2D eigenvalue weighted by molar-refractivity contribution is -0.126. The Morgan fingerprint density at radius 3 is 2.17 bits per heavy atom. The van der Waals surface area contributed by atoms with Crippen LogP contribution in [0.1, 0.15) is 34.6 Å². The van der Waals surface area contributed by atoms with Crippen LogP contribution < -0.4 is 16.2 Å². The first-order valence-electron chi connectivity index (χ1n) is 6.05. The van der Waals surface area contributed by atoms with Crippen molar-refractivity contribution in [2.45, 2.75) is 40.7 Å². The van der Waals surface area contributed by atoms with Crippen molar-refractivity contribution in [2.24, 2.45) is 11.3 Å². The summed E-state index contributed by atoms with van der Waals surface area (Å²) in [5.41, 5.74) is 5.02. The molecular weight excluding hydrogens is 234 g/mol. The summed E-state index contributed by atoms with van der Waals surface area (Å²) in [6.45, 7) is 10.3. The van der Waals surface area contributed by atoms with Gasteiger partial charge in [0.05, 0.1) is 7.11 Å². The van der Waals surface area contributed by atoms with Crippen molar-refractivity contribution in [3.8, 4) is 0 Å². The normalized spacial score (nSPS) is 13.1. The van der Waals surface area contributed by atoms with Crippen LogP contribution in [-0.4, -0.2) is 31.7 Å². The summed E-state index contributed by atoms with van der Waals surface area (Å²) in [7, 11) is 1.27. The van der Waals surface area contributed by atoms with Crippen LogP contribution in [0.4, 0.5) is 4.79 Å². The SMILES string of the molecule is COC(=O)N[C@H](C(=O)NNCC(C)C)C(C)(C)C. The van der Waals surface area contributed by atoms with Gasteiger partial charge in [-0.1, -0.05) is 34.6 Å². The topological polar surface area (TPSA) is 79.5 Å². The van der Waals surface area contributed by atoms with E-state index in [9.17, 15) is 9.59 Å². The number of hydrazine groups is 1. The zero-order valence-corrected chi connectivity index (χ0v) is 12.1. The Morgan fingerprint density at radius 2 is 1.78 bits per heavy atom. The number of hydrogen-bond acceptors (Lipinski definition) is 4. The second-order valence-corrected chi connectivity index (χ2v) is 5.70. The van der Waals surface area contributed by atoms with E-state index in [1.54, 1.807) is 0 Å². The van der Waals surface area contributed by atoms with Crippen LogP contribution in [0.25, 0.3) is 0 Å². The third-order valence-electron chi connectivity index (χ3n) is 2.30. The maximum Gasteiger partial charge on any atom is 0.407 e. The van der Waals surface area contributed by atoms with Gasteiger partial charge in [0.15, 0.2) is 0 Å². The molecule has 0 bridgehead atoms. The van der Waals surface area contributed by atoms with Crippen molar-refractivity contribution in [2.75, 3.05) is 13.7 Å². The number of alkyl carbamates (subject to hydrolysis) is 1. The Morgan fingerprint density at radius 1 is 1.22 bits per heavy atom. The molecule has 106 valence electrons. The van der Waals surface area contributed by atoms with Gasteiger partial charge < -0.3 is 10.1 Å². The largest absolute Gasteiger partial charge is 0.453 e. The molecule has 0 rings (SSSR count). The van der Waals surface area contributed by atoms with Crippen LogP contribution in [0.15, 0.2) is 0 Å². The van der Waals surface area contributed by atoms with E-state index in [2.05, 4.69) is 20.9 Å². The first-order chi connectivity index (χ1) is 8.18. The molecule has 0 unspecified atom stereocenters. The van der Waals surface area contributed by atoms with E-state index in [4.69, 9.17) is 0 Å². The average Bonchev–Trinajstić information content (AvgIpc) is 2.23. The molecule has 0 aliphatic carbocycles. The van der Waals surface area contributed by atoms with Gasteiger partial charge in [-0.15, -0.1) is 0 Å². The minimum absolute atomic E-state index is 0.284. The minimum atomic E-state index is -0.662. The second kappa shape index (κ2) is 7.20. The number of amides is 2. The molecule has 0 aromatic heterocycles. The number of carbonyl (C=O) groups is 2. The van der Waals surface area contributed by atoms with Gasteiger partial charge in [0, 0.05) is 6.54 Å². The molecule has 3 N–H and O–H groups in total. The molecule has 18 heavy (non-hydrogen) atoms. The molecule has 0 radical (unpaired) electrons. The van der Waals surface area contributed by atoms with Crippen LogP contribution in [0.3, 0.4) is 0 Å². The zero-order valence-electron chi connectivity index (χ0n) is 12.1. The zero-order chi connectivity index (χ0) is 14.3. The van der Waals surface area contributed by atoms with Crippen molar-refractivity contribution in [3.63, 3.8) is 0 Å². The second-order valence-electron chi connectivity index (χ2n) is 5.70. The standard InChI is InChI=1S/C12H25N3O3/c1-8(2)7-13-15-10(16)9(12(3,4)5)14-11(17)18-6/h8-9,13H,7H2,1-6H3,(H,14,17)(H,15,16)/t9-/m1/s1. The van der Waals surface area contributed by atoms with E-state index in [1.807, 2.05) is 34.6 Å². The highest BCUT2D eigenvalue weighted by Gasteiger charge is 2.33. The van der Waals surface area contributed by atoms with Crippen molar-refractivity contribution in [3.05, 3.63) is 0 Å². The van der Waals surface area contributed by atoms with Crippen molar-refractivity contribution >= 4 is 12.0 Å². The van der Waals surface area contributed by atoms with Gasteiger partial charge in [-0.3, -0.25) is 10.2 Å². The summed E-state index contributed by atoms with van der Waals surface area (Å²) in [4.78, 5) is 23.2. The van der Waals surface area contributed by atoms with Gasteiger partial charge in [-0.05, 0) is 11.3 Å². The van der Waals surface area contributed by atoms with Crippen molar-refractivity contribution in [1.82, 2.24) is 16.2 Å². The van der Waals surface area contributed by atoms with Gasteiger partial charge in [0.1, 0.15) is 6.04 Å². The summed E-state index contributed by atoms with van der Waals surface area (Å²) in [5, 5.41) is 2.53. The average molecular weight is 259 g/mol. The lowest BCUT2D eigenvalue weighted by atomic mass is 9.86. The molecule has 0 aliphatic heterocycles. The maximum absolute atomic E-state index is 12.0.